The van der Waals surface area contributed by atoms with Crippen LogP contribution >= 0.6 is 0 Å². The van der Waals surface area contributed by atoms with E-state index >= 15 is 0 Å². The van der Waals surface area contributed by atoms with Gasteiger partial charge in [0.25, 0.3) is 0 Å². The van der Waals surface area contributed by atoms with E-state index in [2.05, 4.69) is 64.9 Å². The summed E-state index contributed by atoms with van der Waals surface area (Å²) in [6, 6.07) is 0. The lowest BCUT2D eigenvalue weighted by atomic mass is 9.75. The van der Waals surface area contributed by atoms with Crippen LogP contribution < -0.4 is 0 Å². The Bertz CT molecular complexity index is 359. The van der Waals surface area contributed by atoms with Crippen LogP contribution in [0.5, 0.6) is 0 Å². The summed E-state index contributed by atoms with van der Waals surface area (Å²) in [7, 11) is 0. The van der Waals surface area contributed by atoms with E-state index in [0.717, 1.165) is 0 Å². The molecule has 2 heteroatoms. The van der Waals surface area contributed by atoms with Crippen LogP contribution in [0.3, 0.4) is 0 Å². The van der Waals surface area contributed by atoms with Gasteiger partial charge in [-0.15, -0.1) is 0 Å². The van der Waals surface area contributed by atoms with E-state index in [1.165, 1.54) is 5.69 Å². The molecule has 0 unspecified atom stereocenters. The van der Waals surface area contributed by atoms with Crippen molar-refractivity contribution in [3.8, 4) is 0 Å². The zero-order chi connectivity index (χ0) is 12.8. The Morgan fingerprint density at radius 3 is 1.81 bits per heavy atom. The average Bonchev–Trinajstić information content (AvgIpc) is 2.47. The van der Waals surface area contributed by atoms with E-state index in [4.69, 9.17) is 0 Å². The fraction of sp³-hybridized carbons (Fsp3) is 0.786. The lowest BCUT2D eigenvalue weighted by Gasteiger charge is -2.42. The van der Waals surface area contributed by atoms with Gasteiger partial charge in [0.1, 0.15) is 0 Å². The smallest absolute Gasteiger partial charge is 0.0953 e. The van der Waals surface area contributed by atoms with Crippen molar-refractivity contribution in [2.24, 2.45) is 5.41 Å². The first-order chi connectivity index (χ1) is 6.98. The van der Waals surface area contributed by atoms with Crippen molar-refractivity contribution in [1.29, 1.82) is 0 Å². The Labute approximate surface area is 100 Å². The zero-order valence-electron chi connectivity index (χ0n) is 12.0. The summed E-state index contributed by atoms with van der Waals surface area (Å²) in [5, 5.41) is 0. The van der Waals surface area contributed by atoms with Crippen molar-refractivity contribution in [3.05, 3.63) is 18.2 Å². The van der Waals surface area contributed by atoms with E-state index in [0.29, 0.717) is 0 Å². The van der Waals surface area contributed by atoms with Gasteiger partial charge < -0.3 is 4.57 Å². The average molecular weight is 222 g/mol. The van der Waals surface area contributed by atoms with Gasteiger partial charge in [-0.1, -0.05) is 41.5 Å². The zero-order valence-corrected chi connectivity index (χ0v) is 12.0. The number of hydrogen-bond donors (Lipinski definition) is 0. The summed E-state index contributed by atoms with van der Waals surface area (Å²) < 4.78 is 2.33. The monoisotopic (exact) mass is 222 g/mol. The van der Waals surface area contributed by atoms with Crippen LogP contribution in [0, 0.1) is 5.41 Å². The Hall–Kier alpha value is -0.790. The number of nitrogens with zero attached hydrogens (tertiary/aromatic N) is 2. The Morgan fingerprint density at radius 1 is 0.938 bits per heavy atom. The van der Waals surface area contributed by atoms with E-state index in [9.17, 15) is 0 Å². The van der Waals surface area contributed by atoms with Gasteiger partial charge in [-0.25, -0.2) is 4.98 Å². The Balaban J connectivity index is 3.31. The van der Waals surface area contributed by atoms with E-state index < -0.39 is 0 Å². The van der Waals surface area contributed by atoms with Crippen LogP contribution in [-0.2, 0) is 11.0 Å². The molecule has 0 aromatic carbocycles. The fourth-order valence-corrected chi connectivity index (χ4v) is 1.66. The normalized spacial score (nSPS) is 14.2. The van der Waals surface area contributed by atoms with Crippen molar-refractivity contribution in [3.63, 3.8) is 0 Å². The minimum absolute atomic E-state index is 0.0616. The Morgan fingerprint density at radius 2 is 1.44 bits per heavy atom. The standard InChI is InChI=1S/C14H26N2/c1-12(2,3)11-9-15-10-16(11)14(7,8)13(4,5)6/h9-10H,1-8H3. The molecule has 1 aromatic heterocycles. The van der Waals surface area contributed by atoms with Gasteiger partial charge in [0.05, 0.1) is 6.33 Å². The third-order valence-corrected chi connectivity index (χ3v) is 3.84. The molecule has 0 radical (unpaired) electrons. The number of rotatable bonds is 1. The summed E-state index contributed by atoms with van der Waals surface area (Å²) in [5.74, 6) is 0. The summed E-state index contributed by atoms with van der Waals surface area (Å²) in [6.07, 6.45) is 3.96. The van der Waals surface area contributed by atoms with Crippen molar-refractivity contribution < 1.29 is 0 Å². The molecule has 0 bridgehead atoms. The highest BCUT2D eigenvalue weighted by atomic mass is 15.1. The van der Waals surface area contributed by atoms with Crippen LogP contribution in [0.2, 0.25) is 0 Å². The lowest BCUT2D eigenvalue weighted by molar-refractivity contribution is 0.132. The van der Waals surface area contributed by atoms with Crippen molar-refractivity contribution in [2.75, 3.05) is 0 Å². The third kappa shape index (κ3) is 2.16. The highest BCUT2D eigenvalue weighted by molar-refractivity contribution is 5.14. The van der Waals surface area contributed by atoms with Gasteiger partial charge in [0.2, 0.25) is 0 Å². The predicted molar refractivity (Wildman–Crippen MR) is 69.7 cm³/mol. The lowest BCUT2D eigenvalue weighted by Crippen LogP contribution is -2.42. The molecule has 16 heavy (non-hydrogen) atoms. The molecule has 92 valence electrons. The fourth-order valence-electron chi connectivity index (χ4n) is 1.66. The number of aromatic nitrogens is 2. The summed E-state index contributed by atoms with van der Waals surface area (Å²) >= 11 is 0. The first-order valence-electron chi connectivity index (χ1n) is 6.01. The third-order valence-electron chi connectivity index (χ3n) is 3.84. The van der Waals surface area contributed by atoms with Crippen LogP contribution in [-0.4, -0.2) is 9.55 Å². The van der Waals surface area contributed by atoms with Crippen LogP contribution in [0.4, 0.5) is 0 Å². The highest BCUT2D eigenvalue weighted by Gasteiger charge is 2.37. The Kier molecular flexibility index (Phi) is 3.00. The molecule has 1 heterocycles. The van der Waals surface area contributed by atoms with Crippen molar-refractivity contribution in [2.45, 2.75) is 66.3 Å². The van der Waals surface area contributed by atoms with Gasteiger partial charge in [-0.3, -0.25) is 0 Å². The molecule has 2 nitrogen and oxygen atoms in total. The molecule has 0 N–H and O–H groups in total. The molecule has 1 rings (SSSR count). The first-order valence-corrected chi connectivity index (χ1v) is 6.01. The molecule has 0 saturated heterocycles. The maximum atomic E-state index is 4.33. The van der Waals surface area contributed by atoms with Gasteiger partial charge in [-0.2, -0.15) is 0 Å². The van der Waals surface area contributed by atoms with Crippen molar-refractivity contribution >= 4 is 0 Å². The first kappa shape index (κ1) is 13.3. The van der Waals surface area contributed by atoms with Gasteiger partial charge in [0.15, 0.2) is 0 Å². The predicted octanol–water partition coefficient (Wildman–Crippen LogP) is 3.96. The van der Waals surface area contributed by atoms with Crippen molar-refractivity contribution in [1.82, 2.24) is 9.55 Å². The topological polar surface area (TPSA) is 17.8 Å². The minimum atomic E-state index is 0.0616. The number of imidazole rings is 1. The molecule has 1 aromatic rings. The van der Waals surface area contributed by atoms with Crippen LogP contribution in [0.25, 0.3) is 0 Å². The molecular weight excluding hydrogens is 196 g/mol. The largest absolute Gasteiger partial charge is 0.328 e. The minimum Gasteiger partial charge on any atom is -0.328 e. The molecule has 0 aliphatic heterocycles. The maximum absolute atomic E-state index is 4.33. The van der Waals surface area contributed by atoms with E-state index in [1.54, 1.807) is 0 Å². The molecule has 0 atom stereocenters. The molecule has 0 aliphatic rings. The highest BCUT2D eigenvalue weighted by Crippen LogP contribution is 2.39. The summed E-state index contributed by atoms with van der Waals surface area (Å²) in [4.78, 5) is 4.33. The quantitative estimate of drug-likeness (QED) is 0.703. The molecule has 0 amide bonds. The van der Waals surface area contributed by atoms with Gasteiger partial charge in [-0.05, 0) is 19.3 Å². The van der Waals surface area contributed by atoms with Gasteiger partial charge in [0, 0.05) is 22.8 Å². The second kappa shape index (κ2) is 3.61. The number of hydrogen-bond acceptors (Lipinski definition) is 1. The second-order valence-corrected chi connectivity index (χ2v) is 7.21. The van der Waals surface area contributed by atoms with E-state index in [1.807, 2.05) is 12.5 Å². The van der Waals surface area contributed by atoms with Gasteiger partial charge >= 0.3 is 0 Å². The van der Waals surface area contributed by atoms with Crippen LogP contribution in [0.1, 0.15) is 61.1 Å². The maximum Gasteiger partial charge on any atom is 0.0953 e. The SMILES string of the molecule is CC(C)(C)c1cncn1C(C)(C)C(C)(C)C. The van der Waals surface area contributed by atoms with Crippen LogP contribution in [0.15, 0.2) is 12.5 Å². The van der Waals surface area contributed by atoms with E-state index in [-0.39, 0.29) is 16.4 Å². The summed E-state index contributed by atoms with van der Waals surface area (Å²) in [5.41, 5.74) is 1.70. The molecule has 0 fully saturated rings. The summed E-state index contributed by atoms with van der Waals surface area (Å²) in [6.45, 7) is 18.1. The molecule has 0 spiro atoms. The molecular formula is C14H26N2. The molecule has 0 aliphatic carbocycles. The molecule has 0 saturated carbocycles. The second-order valence-electron chi connectivity index (χ2n) is 7.21.